The van der Waals surface area contributed by atoms with Crippen LogP contribution < -0.4 is 5.32 Å². The molecule has 0 aromatic heterocycles. The Morgan fingerprint density at radius 3 is 2.61 bits per heavy atom. The number of hydrogen-bond acceptors (Lipinski definition) is 2. The Labute approximate surface area is 111 Å². The van der Waals surface area contributed by atoms with E-state index in [-0.39, 0.29) is 5.41 Å². The van der Waals surface area contributed by atoms with E-state index in [9.17, 15) is 0 Å². The quantitative estimate of drug-likeness (QED) is 0.740. The highest BCUT2D eigenvalue weighted by Crippen LogP contribution is 2.21. The van der Waals surface area contributed by atoms with E-state index in [2.05, 4.69) is 42.6 Å². The van der Waals surface area contributed by atoms with Crippen LogP contribution in [0.4, 0.5) is 0 Å². The van der Waals surface area contributed by atoms with Gasteiger partial charge in [0.05, 0.1) is 11.5 Å². The van der Waals surface area contributed by atoms with Crippen LogP contribution in [0.3, 0.4) is 0 Å². The van der Waals surface area contributed by atoms with Crippen LogP contribution in [0.25, 0.3) is 0 Å². The number of nitrogens with zero attached hydrogens (tertiary/aromatic N) is 1. The molecule has 0 aliphatic rings. The maximum Gasteiger partial charge on any atom is 0.0683 e. The molecule has 0 bridgehead atoms. The number of nitrogens with one attached hydrogen (secondary N) is 1. The molecule has 0 fully saturated rings. The van der Waals surface area contributed by atoms with E-state index in [1.807, 2.05) is 13.8 Å². The molecule has 0 heterocycles. The molecule has 1 rings (SSSR count). The lowest BCUT2D eigenvalue weighted by Gasteiger charge is -2.14. The minimum absolute atomic E-state index is 0.171. The monoisotopic (exact) mass is 244 g/mol. The summed E-state index contributed by atoms with van der Waals surface area (Å²) in [7, 11) is 0. The minimum Gasteiger partial charge on any atom is -0.313 e. The number of hydrogen-bond donors (Lipinski definition) is 1. The highest BCUT2D eigenvalue weighted by molar-refractivity contribution is 5.25. The van der Waals surface area contributed by atoms with Gasteiger partial charge in [-0.25, -0.2) is 0 Å². The van der Waals surface area contributed by atoms with Crippen molar-refractivity contribution in [1.29, 1.82) is 5.26 Å². The van der Waals surface area contributed by atoms with Gasteiger partial charge in [0.2, 0.25) is 0 Å². The smallest absolute Gasteiger partial charge is 0.0683 e. The van der Waals surface area contributed by atoms with E-state index in [4.69, 9.17) is 5.26 Å². The molecule has 2 heteroatoms. The molecule has 0 unspecified atom stereocenters. The highest BCUT2D eigenvalue weighted by atomic mass is 14.8. The summed E-state index contributed by atoms with van der Waals surface area (Å²) in [6, 6.07) is 10.8. The summed E-state index contributed by atoms with van der Waals surface area (Å²) in [4.78, 5) is 0. The van der Waals surface area contributed by atoms with Gasteiger partial charge in [-0.05, 0) is 51.3 Å². The molecule has 0 aliphatic heterocycles. The van der Waals surface area contributed by atoms with Crippen LogP contribution in [0.2, 0.25) is 0 Å². The zero-order valence-corrected chi connectivity index (χ0v) is 11.8. The van der Waals surface area contributed by atoms with Gasteiger partial charge in [-0.1, -0.05) is 30.7 Å². The largest absolute Gasteiger partial charge is 0.313 e. The third kappa shape index (κ3) is 5.33. The van der Waals surface area contributed by atoms with Crippen molar-refractivity contribution in [2.75, 3.05) is 6.54 Å². The first kappa shape index (κ1) is 14.7. The molecule has 1 aromatic carbocycles. The molecule has 0 spiro atoms. The standard InChI is InChI=1S/C16H24N2/c1-14-8-4-5-9-15(14)12-18-11-7-6-10-16(2,3)13-17/h4-5,8-9,18H,6-7,10-12H2,1-3H3. The second-order valence-electron chi connectivity index (χ2n) is 5.56. The summed E-state index contributed by atoms with van der Waals surface area (Å²) in [5.41, 5.74) is 2.54. The normalized spacial score (nSPS) is 11.2. The van der Waals surface area contributed by atoms with E-state index in [1.165, 1.54) is 11.1 Å². The van der Waals surface area contributed by atoms with Crippen LogP contribution in [0.1, 0.15) is 44.2 Å². The maximum absolute atomic E-state index is 8.91. The SMILES string of the molecule is Cc1ccccc1CNCCCCC(C)(C)C#N. The number of benzene rings is 1. The van der Waals surface area contributed by atoms with Crippen LogP contribution in [-0.4, -0.2) is 6.54 Å². The first-order chi connectivity index (χ1) is 8.55. The lowest BCUT2D eigenvalue weighted by Crippen LogP contribution is -2.16. The average Bonchev–Trinajstić information content (AvgIpc) is 2.35. The lowest BCUT2D eigenvalue weighted by atomic mass is 9.89. The van der Waals surface area contributed by atoms with E-state index < -0.39 is 0 Å². The molecule has 1 N–H and O–H groups in total. The van der Waals surface area contributed by atoms with Gasteiger partial charge in [0.1, 0.15) is 0 Å². The molecule has 1 aromatic rings. The van der Waals surface area contributed by atoms with Crippen molar-refractivity contribution in [3.63, 3.8) is 0 Å². The van der Waals surface area contributed by atoms with Crippen LogP contribution in [-0.2, 0) is 6.54 Å². The molecule has 0 saturated carbocycles. The van der Waals surface area contributed by atoms with Gasteiger partial charge in [0.15, 0.2) is 0 Å². The first-order valence-corrected chi connectivity index (χ1v) is 6.72. The van der Waals surface area contributed by atoms with Gasteiger partial charge in [-0.2, -0.15) is 5.26 Å². The third-order valence-electron chi connectivity index (χ3n) is 3.28. The summed E-state index contributed by atoms with van der Waals surface area (Å²) in [5.74, 6) is 0. The van der Waals surface area contributed by atoms with E-state index in [1.54, 1.807) is 0 Å². The molecule has 0 saturated heterocycles. The summed E-state index contributed by atoms with van der Waals surface area (Å²) in [6.07, 6.45) is 3.23. The van der Waals surface area contributed by atoms with Crippen molar-refractivity contribution >= 4 is 0 Å². The van der Waals surface area contributed by atoms with Gasteiger partial charge >= 0.3 is 0 Å². The zero-order valence-electron chi connectivity index (χ0n) is 11.8. The Morgan fingerprint density at radius 1 is 1.22 bits per heavy atom. The number of rotatable bonds is 7. The van der Waals surface area contributed by atoms with Crippen LogP contribution >= 0.6 is 0 Å². The number of nitriles is 1. The Balaban J connectivity index is 2.13. The van der Waals surface area contributed by atoms with Crippen molar-refractivity contribution in [3.05, 3.63) is 35.4 Å². The van der Waals surface area contributed by atoms with E-state index in [0.29, 0.717) is 0 Å². The van der Waals surface area contributed by atoms with Crippen molar-refractivity contribution < 1.29 is 0 Å². The summed E-state index contributed by atoms with van der Waals surface area (Å²) in [6.45, 7) is 8.12. The Kier molecular flexibility index (Phi) is 5.88. The molecule has 98 valence electrons. The van der Waals surface area contributed by atoms with Gasteiger partial charge in [-0.3, -0.25) is 0 Å². The van der Waals surface area contributed by atoms with Crippen molar-refractivity contribution in [3.8, 4) is 6.07 Å². The lowest BCUT2D eigenvalue weighted by molar-refractivity contribution is 0.422. The Morgan fingerprint density at radius 2 is 1.94 bits per heavy atom. The zero-order chi connectivity index (χ0) is 13.4. The first-order valence-electron chi connectivity index (χ1n) is 6.72. The van der Waals surface area contributed by atoms with Crippen LogP contribution in [0, 0.1) is 23.7 Å². The van der Waals surface area contributed by atoms with E-state index in [0.717, 1.165) is 32.4 Å². The molecule has 0 amide bonds. The molecule has 0 atom stereocenters. The van der Waals surface area contributed by atoms with Gasteiger partial charge < -0.3 is 5.32 Å². The molecule has 18 heavy (non-hydrogen) atoms. The van der Waals surface area contributed by atoms with Gasteiger partial charge in [-0.15, -0.1) is 0 Å². The summed E-state index contributed by atoms with van der Waals surface area (Å²) in [5, 5.41) is 12.4. The molecular weight excluding hydrogens is 220 g/mol. The molecule has 0 radical (unpaired) electrons. The fraction of sp³-hybridized carbons (Fsp3) is 0.562. The molecule has 0 aliphatic carbocycles. The van der Waals surface area contributed by atoms with Crippen molar-refractivity contribution in [1.82, 2.24) is 5.32 Å². The van der Waals surface area contributed by atoms with Crippen LogP contribution in [0.5, 0.6) is 0 Å². The Bertz CT molecular complexity index is 402. The predicted molar refractivity (Wildman–Crippen MR) is 76.1 cm³/mol. The summed E-state index contributed by atoms with van der Waals surface area (Å²) < 4.78 is 0. The van der Waals surface area contributed by atoms with E-state index >= 15 is 0 Å². The topological polar surface area (TPSA) is 35.8 Å². The highest BCUT2D eigenvalue weighted by Gasteiger charge is 2.15. The number of aryl methyl sites for hydroxylation is 1. The number of unbranched alkanes of at least 4 members (excludes halogenated alkanes) is 1. The summed E-state index contributed by atoms with van der Waals surface area (Å²) >= 11 is 0. The van der Waals surface area contributed by atoms with Gasteiger partial charge in [0, 0.05) is 6.54 Å². The van der Waals surface area contributed by atoms with Crippen LogP contribution in [0.15, 0.2) is 24.3 Å². The second kappa shape index (κ2) is 7.18. The van der Waals surface area contributed by atoms with Crippen molar-refractivity contribution in [2.24, 2.45) is 5.41 Å². The average molecular weight is 244 g/mol. The molecule has 2 nitrogen and oxygen atoms in total. The molecular formula is C16H24N2. The fourth-order valence-corrected chi connectivity index (χ4v) is 1.90. The fourth-order valence-electron chi connectivity index (χ4n) is 1.90. The predicted octanol–water partition coefficient (Wildman–Crippen LogP) is 3.80. The van der Waals surface area contributed by atoms with Crippen molar-refractivity contribution in [2.45, 2.75) is 46.6 Å². The minimum atomic E-state index is -0.171. The second-order valence-corrected chi connectivity index (χ2v) is 5.56. The Hall–Kier alpha value is -1.33. The van der Waals surface area contributed by atoms with Gasteiger partial charge in [0.25, 0.3) is 0 Å². The third-order valence-corrected chi connectivity index (χ3v) is 3.28. The maximum atomic E-state index is 8.91.